The molecule has 7 heteroatoms. The Morgan fingerprint density at radius 2 is 1.96 bits per heavy atom. The quantitative estimate of drug-likeness (QED) is 0.883. The van der Waals surface area contributed by atoms with Crippen molar-refractivity contribution in [1.29, 1.82) is 0 Å². The summed E-state index contributed by atoms with van der Waals surface area (Å²) in [5.74, 6) is -1.01. The summed E-state index contributed by atoms with van der Waals surface area (Å²) in [6.45, 7) is 1.28. The zero-order chi connectivity index (χ0) is 15.9. The highest BCUT2D eigenvalue weighted by molar-refractivity contribution is 5.94. The largest absolute Gasteiger partial charge is 0.417 e. The Morgan fingerprint density at radius 3 is 2.70 bits per heavy atom. The molecule has 1 aromatic carbocycles. The number of aromatic amines is 1. The van der Waals surface area contributed by atoms with Crippen LogP contribution < -0.4 is 11.1 Å². The molecule has 0 unspecified atom stereocenters. The van der Waals surface area contributed by atoms with Crippen molar-refractivity contribution in [1.82, 2.24) is 4.98 Å². The molecule has 1 saturated carbocycles. The van der Waals surface area contributed by atoms with E-state index in [-0.39, 0.29) is 11.8 Å². The van der Waals surface area contributed by atoms with Crippen molar-refractivity contribution < 1.29 is 18.7 Å². The SMILES string of the molecule is O=C(Nc1ccc2oc(=O)[nH]c2c1)C1CCC2(CC1)OCCO2. The van der Waals surface area contributed by atoms with Crippen LogP contribution in [-0.2, 0) is 14.3 Å². The molecule has 1 aliphatic carbocycles. The van der Waals surface area contributed by atoms with Crippen molar-refractivity contribution in [2.24, 2.45) is 5.92 Å². The van der Waals surface area contributed by atoms with Crippen LogP contribution >= 0.6 is 0 Å². The van der Waals surface area contributed by atoms with Crippen molar-refractivity contribution in [3.05, 3.63) is 28.7 Å². The average molecular weight is 318 g/mol. The third kappa shape index (κ3) is 2.77. The molecule has 0 bridgehead atoms. The number of amides is 1. The molecule has 2 fully saturated rings. The van der Waals surface area contributed by atoms with Gasteiger partial charge in [0.05, 0.1) is 18.7 Å². The predicted molar refractivity (Wildman–Crippen MR) is 82.1 cm³/mol. The molecule has 122 valence electrons. The summed E-state index contributed by atoms with van der Waals surface area (Å²) in [4.78, 5) is 26.2. The lowest BCUT2D eigenvalue weighted by molar-refractivity contribution is -0.182. The molecule has 2 aromatic rings. The number of hydrogen-bond donors (Lipinski definition) is 2. The van der Waals surface area contributed by atoms with Crippen LogP contribution in [0.4, 0.5) is 5.69 Å². The van der Waals surface area contributed by atoms with Crippen molar-refractivity contribution in [3.63, 3.8) is 0 Å². The maximum atomic E-state index is 12.4. The number of benzene rings is 1. The zero-order valence-electron chi connectivity index (χ0n) is 12.6. The standard InChI is InChI=1S/C16H18N2O5/c19-14(10-3-5-16(6-4-10)21-7-8-22-16)17-11-1-2-13-12(9-11)18-15(20)23-13/h1-2,9-10H,3-8H2,(H,17,19)(H,18,20). The minimum atomic E-state index is -0.502. The number of rotatable bonds is 2. The van der Waals surface area contributed by atoms with Crippen LogP contribution in [0.2, 0.25) is 0 Å². The number of nitrogens with one attached hydrogen (secondary N) is 2. The van der Waals surface area contributed by atoms with Gasteiger partial charge in [0.2, 0.25) is 5.91 Å². The molecule has 0 atom stereocenters. The highest BCUT2D eigenvalue weighted by Gasteiger charge is 2.41. The van der Waals surface area contributed by atoms with Crippen molar-refractivity contribution in [3.8, 4) is 0 Å². The molecule has 1 aromatic heterocycles. The maximum Gasteiger partial charge on any atom is 0.417 e. The second kappa shape index (κ2) is 5.50. The Bertz CT molecular complexity index is 777. The molecular formula is C16H18N2O5. The van der Waals surface area contributed by atoms with Gasteiger partial charge in [-0.3, -0.25) is 9.78 Å². The van der Waals surface area contributed by atoms with Crippen LogP contribution in [0.1, 0.15) is 25.7 Å². The van der Waals surface area contributed by atoms with Crippen LogP contribution in [0.25, 0.3) is 11.1 Å². The molecular weight excluding hydrogens is 300 g/mol. The van der Waals surface area contributed by atoms with E-state index < -0.39 is 11.5 Å². The first-order chi connectivity index (χ1) is 11.1. The normalized spacial score (nSPS) is 21.0. The number of ether oxygens (including phenoxy) is 2. The van der Waals surface area contributed by atoms with Crippen LogP contribution in [0.5, 0.6) is 0 Å². The fourth-order valence-electron chi connectivity index (χ4n) is 3.38. The van der Waals surface area contributed by atoms with E-state index in [1.165, 1.54) is 0 Å². The molecule has 2 heterocycles. The number of hydrogen-bond acceptors (Lipinski definition) is 5. The summed E-state index contributed by atoms with van der Waals surface area (Å²) >= 11 is 0. The van der Waals surface area contributed by atoms with E-state index in [2.05, 4.69) is 10.3 Å². The molecule has 0 radical (unpaired) electrons. The number of fused-ring (bicyclic) bond motifs is 1. The molecule has 1 amide bonds. The maximum absolute atomic E-state index is 12.4. The van der Waals surface area contributed by atoms with Gasteiger partial charge in [0.1, 0.15) is 0 Å². The lowest BCUT2D eigenvalue weighted by atomic mass is 9.84. The van der Waals surface area contributed by atoms with Gasteiger partial charge >= 0.3 is 5.76 Å². The third-order valence-electron chi connectivity index (χ3n) is 4.62. The molecule has 23 heavy (non-hydrogen) atoms. The van der Waals surface area contributed by atoms with E-state index in [4.69, 9.17) is 13.9 Å². The van der Waals surface area contributed by atoms with E-state index >= 15 is 0 Å². The van der Waals surface area contributed by atoms with Crippen molar-refractivity contribution in [2.45, 2.75) is 31.5 Å². The molecule has 1 spiro atoms. The van der Waals surface area contributed by atoms with E-state index in [1.807, 2.05) is 0 Å². The van der Waals surface area contributed by atoms with Crippen molar-refractivity contribution in [2.75, 3.05) is 18.5 Å². The Hall–Kier alpha value is -2.12. The van der Waals surface area contributed by atoms with E-state index in [0.717, 1.165) is 25.7 Å². The molecule has 2 aliphatic rings. The Kier molecular flexibility index (Phi) is 3.46. The van der Waals surface area contributed by atoms with Gasteiger partial charge < -0.3 is 19.2 Å². The highest BCUT2D eigenvalue weighted by atomic mass is 16.7. The Balaban J connectivity index is 1.42. The topological polar surface area (TPSA) is 93.6 Å². The number of carbonyl (C=O) groups is 1. The van der Waals surface area contributed by atoms with Gasteiger partial charge in [-0.05, 0) is 31.0 Å². The number of aromatic nitrogens is 1. The lowest BCUT2D eigenvalue weighted by Crippen LogP contribution is -2.38. The smallest absolute Gasteiger partial charge is 0.408 e. The van der Waals surface area contributed by atoms with E-state index in [9.17, 15) is 9.59 Å². The summed E-state index contributed by atoms with van der Waals surface area (Å²) in [5.41, 5.74) is 1.69. The van der Waals surface area contributed by atoms with Gasteiger partial charge in [-0.2, -0.15) is 0 Å². The number of oxazole rings is 1. The Morgan fingerprint density at radius 1 is 1.22 bits per heavy atom. The van der Waals surface area contributed by atoms with Gasteiger partial charge in [-0.15, -0.1) is 0 Å². The van der Waals surface area contributed by atoms with Gasteiger partial charge in [0.15, 0.2) is 11.4 Å². The number of carbonyl (C=O) groups excluding carboxylic acids is 1. The number of H-pyrrole nitrogens is 1. The van der Waals surface area contributed by atoms with Crippen LogP contribution in [0, 0.1) is 5.92 Å². The Labute approximate surface area is 131 Å². The summed E-state index contributed by atoms with van der Waals surface area (Å²) < 4.78 is 16.3. The highest BCUT2D eigenvalue weighted by Crippen LogP contribution is 2.38. The van der Waals surface area contributed by atoms with Gasteiger partial charge in [-0.25, -0.2) is 4.79 Å². The summed E-state index contributed by atoms with van der Waals surface area (Å²) in [7, 11) is 0. The average Bonchev–Trinajstić information content (AvgIpc) is 3.13. The molecule has 1 aliphatic heterocycles. The minimum Gasteiger partial charge on any atom is -0.408 e. The monoisotopic (exact) mass is 318 g/mol. The third-order valence-corrected chi connectivity index (χ3v) is 4.62. The van der Waals surface area contributed by atoms with E-state index in [0.29, 0.717) is 30.0 Å². The van der Waals surface area contributed by atoms with Crippen LogP contribution in [-0.4, -0.2) is 29.9 Å². The second-order valence-corrected chi connectivity index (χ2v) is 6.10. The first-order valence-electron chi connectivity index (χ1n) is 7.85. The minimum absolute atomic E-state index is 0.0111. The lowest BCUT2D eigenvalue weighted by Gasteiger charge is -2.34. The summed E-state index contributed by atoms with van der Waals surface area (Å²) in [6, 6.07) is 5.09. The summed E-state index contributed by atoms with van der Waals surface area (Å²) in [5, 5.41) is 2.91. The van der Waals surface area contributed by atoms with Gasteiger partial charge in [0, 0.05) is 24.4 Å². The van der Waals surface area contributed by atoms with Crippen LogP contribution in [0.15, 0.2) is 27.4 Å². The number of anilines is 1. The molecule has 1 saturated heterocycles. The molecule has 7 nitrogen and oxygen atoms in total. The fraction of sp³-hybridized carbons (Fsp3) is 0.500. The second-order valence-electron chi connectivity index (χ2n) is 6.10. The first-order valence-corrected chi connectivity index (χ1v) is 7.85. The van der Waals surface area contributed by atoms with Crippen LogP contribution in [0.3, 0.4) is 0 Å². The molecule has 4 rings (SSSR count). The zero-order valence-corrected chi connectivity index (χ0v) is 12.6. The summed E-state index contributed by atoms with van der Waals surface area (Å²) in [6.07, 6.45) is 2.99. The predicted octanol–water partition coefficient (Wildman–Crippen LogP) is 1.99. The fourth-order valence-corrected chi connectivity index (χ4v) is 3.38. The van der Waals surface area contributed by atoms with Gasteiger partial charge in [0.25, 0.3) is 0 Å². The van der Waals surface area contributed by atoms with Crippen molar-refractivity contribution >= 4 is 22.7 Å². The van der Waals surface area contributed by atoms with Gasteiger partial charge in [-0.1, -0.05) is 0 Å². The first kappa shape index (κ1) is 14.5. The van der Waals surface area contributed by atoms with E-state index in [1.54, 1.807) is 18.2 Å². The molecule has 2 N–H and O–H groups in total.